The lowest BCUT2D eigenvalue weighted by Crippen LogP contribution is -2.00. The largest absolute Gasteiger partial charge is 0.507 e. The van der Waals surface area contributed by atoms with Crippen molar-refractivity contribution in [2.75, 3.05) is 7.05 Å². The van der Waals surface area contributed by atoms with Gasteiger partial charge in [0.2, 0.25) is 0 Å². The van der Waals surface area contributed by atoms with Gasteiger partial charge in [-0.05, 0) is 19.2 Å². The molecule has 2 aromatic carbocycles. The molecule has 3 nitrogen and oxygen atoms in total. The number of hydrogen-bond acceptors (Lipinski definition) is 3. The van der Waals surface area contributed by atoms with E-state index in [1.807, 2.05) is 47.6 Å². The van der Waals surface area contributed by atoms with Crippen molar-refractivity contribution >= 4 is 5.78 Å². The molecule has 0 radical (unpaired) electrons. The standard InChI is InChI=1S/C13H10O2.3C2H6.CH5N/c14-12-9-5-4-8-11(12)13(15)10-6-2-1-3-7-10;4*1-2/h1-9,14H;3*1-2H3;2H2,1H3. The maximum absolute atomic E-state index is 11.9. The van der Waals surface area contributed by atoms with Gasteiger partial charge < -0.3 is 10.8 Å². The molecule has 0 aliphatic heterocycles. The van der Waals surface area contributed by atoms with E-state index < -0.39 is 0 Å². The summed E-state index contributed by atoms with van der Waals surface area (Å²) in [5, 5.41) is 9.52. The fourth-order valence-corrected chi connectivity index (χ4v) is 1.41. The Kier molecular flexibility index (Phi) is 22.3. The van der Waals surface area contributed by atoms with Crippen molar-refractivity contribution in [1.82, 2.24) is 0 Å². The van der Waals surface area contributed by atoms with Crippen molar-refractivity contribution in [2.24, 2.45) is 5.73 Å². The van der Waals surface area contributed by atoms with E-state index >= 15 is 0 Å². The zero-order valence-electron chi connectivity index (χ0n) is 15.6. The highest BCUT2D eigenvalue weighted by Gasteiger charge is 2.11. The first-order valence-electron chi connectivity index (χ1n) is 8.24. The molecule has 0 unspecified atom stereocenters. The average molecular weight is 319 g/mol. The molecule has 0 saturated carbocycles. The molecule has 3 heteroatoms. The summed E-state index contributed by atoms with van der Waals surface area (Å²) >= 11 is 0. The molecular weight excluding hydrogens is 286 g/mol. The van der Waals surface area contributed by atoms with Crippen LogP contribution in [0.4, 0.5) is 0 Å². The molecule has 0 aromatic heterocycles. The van der Waals surface area contributed by atoms with E-state index in [2.05, 4.69) is 5.73 Å². The minimum Gasteiger partial charge on any atom is -0.507 e. The number of nitrogens with two attached hydrogens (primary N) is 1. The zero-order chi connectivity index (χ0) is 18.7. The Hall–Kier alpha value is -2.13. The summed E-state index contributed by atoms with van der Waals surface area (Å²) in [6.45, 7) is 12.0. The van der Waals surface area contributed by atoms with Crippen LogP contribution < -0.4 is 5.73 Å². The molecule has 3 N–H and O–H groups in total. The highest BCUT2D eigenvalue weighted by molar-refractivity contribution is 6.10. The third-order valence-corrected chi connectivity index (χ3v) is 2.18. The number of benzene rings is 2. The fourth-order valence-electron chi connectivity index (χ4n) is 1.41. The lowest BCUT2D eigenvalue weighted by atomic mass is 10.0. The molecule has 0 spiro atoms. The molecule has 130 valence electrons. The number of rotatable bonds is 2. The predicted molar refractivity (Wildman–Crippen MR) is 102 cm³/mol. The Morgan fingerprint density at radius 1 is 0.739 bits per heavy atom. The molecule has 2 aromatic rings. The minimum atomic E-state index is -0.159. The van der Waals surface area contributed by atoms with Crippen molar-refractivity contribution in [2.45, 2.75) is 41.5 Å². The van der Waals surface area contributed by atoms with Crippen LogP contribution in [-0.4, -0.2) is 17.9 Å². The Morgan fingerprint density at radius 3 is 1.57 bits per heavy atom. The third kappa shape index (κ3) is 10.3. The first-order chi connectivity index (χ1) is 11.3. The van der Waals surface area contributed by atoms with Crippen LogP contribution in [0.5, 0.6) is 5.75 Å². The number of phenols is 1. The molecule has 0 bridgehead atoms. The number of carbonyl (C=O) groups excluding carboxylic acids is 1. The lowest BCUT2D eigenvalue weighted by molar-refractivity contribution is 0.103. The second kappa shape index (κ2) is 19.9. The van der Waals surface area contributed by atoms with Gasteiger partial charge in [-0.1, -0.05) is 84.0 Å². The highest BCUT2D eigenvalue weighted by atomic mass is 16.3. The van der Waals surface area contributed by atoms with Crippen LogP contribution >= 0.6 is 0 Å². The van der Waals surface area contributed by atoms with Gasteiger partial charge in [0, 0.05) is 5.56 Å². The topological polar surface area (TPSA) is 63.3 Å². The smallest absolute Gasteiger partial charge is 0.196 e. The fraction of sp³-hybridized carbons (Fsp3) is 0.350. The summed E-state index contributed by atoms with van der Waals surface area (Å²) in [4.78, 5) is 11.9. The van der Waals surface area contributed by atoms with Crippen LogP contribution in [0.2, 0.25) is 0 Å². The van der Waals surface area contributed by atoms with Crippen molar-refractivity contribution in [3.63, 3.8) is 0 Å². The van der Waals surface area contributed by atoms with E-state index in [1.54, 1.807) is 42.5 Å². The molecule has 0 aliphatic rings. The number of para-hydroxylation sites is 1. The maximum atomic E-state index is 11.9. The summed E-state index contributed by atoms with van der Waals surface area (Å²) < 4.78 is 0. The zero-order valence-corrected chi connectivity index (χ0v) is 15.6. The number of aromatic hydroxyl groups is 1. The number of phenolic OH excluding ortho intramolecular Hbond substituents is 1. The summed E-state index contributed by atoms with van der Waals surface area (Å²) in [6.07, 6.45) is 0. The molecule has 0 heterocycles. The van der Waals surface area contributed by atoms with Gasteiger partial charge >= 0.3 is 0 Å². The van der Waals surface area contributed by atoms with E-state index in [1.165, 1.54) is 13.1 Å². The van der Waals surface area contributed by atoms with Gasteiger partial charge in [-0.3, -0.25) is 4.79 Å². The lowest BCUT2D eigenvalue weighted by Gasteiger charge is -2.02. The molecule has 0 fully saturated rings. The van der Waals surface area contributed by atoms with E-state index in [0.717, 1.165) is 0 Å². The van der Waals surface area contributed by atoms with E-state index in [4.69, 9.17) is 0 Å². The van der Waals surface area contributed by atoms with Gasteiger partial charge in [-0.15, -0.1) is 0 Å². The van der Waals surface area contributed by atoms with Crippen molar-refractivity contribution < 1.29 is 9.90 Å². The number of ketones is 1. The second-order valence-electron chi connectivity index (χ2n) is 3.21. The van der Waals surface area contributed by atoms with Gasteiger partial charge in [0.1, 0.15) is 5.75 Å². The van der Waals surface area contributed by atoms with Gasteiger partial charge in [0.15, 0.2) is 5.78 Å². The molecule has 0 aliphatic carbocycles. The minimum absolute atomic E-state index is 0.0198. The van der Waals surface area contributed by atoms with Crippen LogP contribution in [0.3, 0.4) is 0 Å². The summed E-state index contributed by atoms with van der Waals surface area (Å²) in [7, 11) is 1.50. The molecule has 0 saturated heterocycles. The molecular formula is C20H33NO2. The Labute approximate surface area is 142 Å². The summed E-state index contributed by atoms with van der Waals surface area (Å²) in [5.41, 5.74) is 5.42. The SMILES string of the molecule is CC.CC.CC.CN.O=C(c1ccccc1)c1ccccc1O. The monoisotopic (exact) mass is 319 g/mol. The Morgan fingerprint density at radius 2 is 1.13 bits per heavy atom. The second-order valence-corrected chi connectivity index (χ2v) is 3.21. The highest BCUT2D eigenvalue weighted by Crippen LogP contribution is 2.19. The first kappa shape index (κ1) is 25.8. The maximum Gasteiger partial charge on any atom is 0.196 e. The van der Waals surface area contributed by atoms with Crippen LogP contribution in [0.15, 0.2) is 54.6 Å². The third-order valence-electron chi connectivity index (χ3n) is 2.18. The predicted octanol–water partition coefficient (Wildman–Crippen LogP) is 5.28. The van der Waals surface area contributed by atoms with E-state index in [-0.39, 0.29) is 11.5 Å². The van der Waals surface area contributed by atoms with E-state index in [9.17, 15) is 9.90 Å². The number of carbonyl (C=O) groups is 1. The molecule has 0 amide bonds. The van der Waals surface area contributed by atoms with Gasteiger partial charge in [-0.2, -0.15) is 0 Å². The number of hydrogen-bond donors (Lipinski definition) is 2. The average Bonchev–Trinajstić information content (AvgIpc) is 2.69. The van der Waals surface area contributed by atoms with Crippen LogP contribution in [0.1, 0.15) is 57.5 Å². The van der Waals surface area contributed by atoms with Gasteiger partial charge in [-0.25, -0.2) is 0 Å². The first-order valence-corrected chi connectivity index (χ1v) is 8.24. The molecule has 23 heavy (non-hydrogen) atoms. The Bertz CT molecular complexity index is 482. The normalized spacial score (nSPS) is 7.48. The van der Waals surface area contributed by atoms with Gasteiger partial charge in [0.05, 0.1) is 5.56 Å². The molecule has 0 atom stereocenters. The molecule has 2 rings (SSSR count). The summed E-state index contributed by atoms with van der Waals surface area (Å²) in [5.74, 6) is -0.139. The van der Waals surface area contributed by atoms with Crippen LogP contribution in [0.25, 0.3) is 0 Å². The van der Waals surface area contributed by atoms with Crippen molar-refractivity contribution in [1.29, 1.82) is 0 Å². The quantitative estimate of drug-likeness (QED) is 0.740. The van der Waals surface area contributed by atoms with Crippen LogP contribution in [0, 0.1) is 0 Å². The van der Waals surface area contributed by atoms with Crippen LogP contribution in [-0.2, 0) is 0 Å². The summed E-state index contributed by atoms with van der Waals surface area (Å²) in [6, 6.07) is 15.5. The Balaban J connectivity index is -0.000000438. The van der Waals surface area contributed by atoms with Gasteiger partial charge in [0.25, 0.3) is 0 Å². The van der Waals surface area contributed by atoms with Crippen molar-refractivity contribution in [3.8, 4) is 5.75 Å². The van der Waals surface area contributed by atoms with E-state index in [0.29, 0.717) is 11.1 Å². The van der Waals surface area contributed by atoms with Crippen molar-refractivity contribution in [3.05, 3.63) is 65.7 Å².